The maximum atomic E-state index is 13.6. The second-order valence-electron chi connectivity index (χ2n) is 5.98. The van der Waals surface area contributed by atoms with Crippen molar-refractivity contribution in [2.24, 2.45) is 5.41 Å². The van der Waals surface area contributed by atoms with E-state index in [1.807, 2.05) is 18.2 Å². The number of esters is 2. The van der Waals surface area contributed by atoms with Gasteiger partial charge in [-0.15, -0.1) is 0 Å². The van der Waals surface area contributed by atoms with E-state index < -0.39 is 30.0 Å². The maximum Gasteiger partial charge on any atom is 0.415 e. The summed E-state index contributed by atoms with van der Waals surface area (Å²) in [6.07, 6.45) is -3.71. The van der Waals surface area contributed by atoms with Gasteiger partial charge in [-0.3, -0.25) is 9.59 Å². The Morgan fingerprint density at radius 1 is 0.862 bits per heavy atom. The molecule has 2 aromatic carbocycles. The van der Waals surface area contributed by atoms with Gasteiger partial charge in [0.2, 0.25) is 0 Å². The van der Waals surface area contributed by atoms with Crippen molar-refractivity contribution in [2.45, 2.75) is 12.6 Å². The molecule has 0 heterocycles. The zero-order valence-corrected chi connectivity index (χ0v) is 15.7. The normalized spacial score (nSPS) is 11.9. The number of alkyl halides is 3. The first-order valence-corrected chi connectivity index (χ1v) is 8.47. The summed E-state index contributed by atoms with van der Waals surface area (Å²) in [5.74, 6) is -2.27. The number of hydrogen-bond donors (Lipinski definition) is 0. The van der Waals surface area contributed by atoms with Gasteiger partial charge in [-0.25, -0.2) is 0 Å². The van der Waals surface area contributed by atoms with E-state index in [-0.39, 0.29) is 0 Å². The Labute approximate surface area is 165 Å². The van der Waals surface area contributed by atoms with Gasteiger partial charge in [0.1, 0.15) is 11.5 Å². The van der Waals surface area contributed by atoms with Crippen molar-refractivity contribution in [3.05, 3.63) is 66.2 Å². The first kappa shape index (κ1) is 22.0. The van der Waals surface area contributed by atoms with E-state index in [1.165, 1.54) is 6.08 Å². The van der Waals surface area contributed by atoms with Gasteiger partial charge in [0.15, 0.2) is 0 Å². The molecule has 5 nitrogen and oxygen atoms in total. The number of halogens is 3. The zero-order chi connectivity index (χ0) is 21.5. The van der Waals surface area contributed by atoms with Crippen molar-refractivity contribution in [2.75, 3.05) is 14.2 Å². The van der Waals surface area contributed by atoms with Gasteiger partial charge in [-0.2, -0.15) is 13.2 Å². The highest BCUT2D eigenvalue weighted by molar-refractivity contribution is 6.01. The average molecular weight is 408 g/mol. The lowest BCUT2D eigenvalue weighted by Crippen LogP contribution is -2.52. The number of methoxy groups -OCH3 is 2. The molecule has 0 aliphatic carbocycles. The number of rotatable bonds is 7. The molecule has 0 N–H and O–H groups in total. The highest BCUT2D eigenvalue weighted by Crippen LogP contribution is 2.44. The van der Waals surface area contributed by atoms with Gasteiger partial charge in [0.25, 0.3) is 5.41 Å². The van der Waals surface area contributed by atoms with E-state index in [4.69, 9.17) is 4.74 Å². The predicted octanol–water partition coefficient (Wildman–Crippen LogP) is 4.78. The summed E-state index contributed by atoms with van der Waals surface area (Å²) in [6, 6.07) is 15.6. The molecule has 0 aromatic heterocycles. The summed E-state index contributed by atoms with van der Waals surface area (Å²) < 4.78 is 54.8. The fourth-order valence-corrected chi connectivity index (χ4v) is 2.59. The molecule has 29 heavy (non-hydrogen) atoms. The summed E-state index contributed by atoms with van der Waals surface area (Å²) in [6.45, 7) is 0. The molecule has 154 valence electrons. The van der Waals surface area contributed by atoms with Crippen LogP contribution in [0.3, 0.4) is 0 Å². The molecule has 0 radical (unpaired) electrons. The number of para-hydroxylation sites is 1. The Bertz CT molecular complexity index is 842. The molecule has 0 amide bonds. The topological polar surface area (TPSA) is 61.8 Å². The molecular formula is C21H19F3O5. The molecular weight excluding hydrogens is 389 g/mol. The van der Waals surface area contributed by atoms with E-state index >= 15 is 0 Å². The van der Waals surface area contributed by atoms with E-state index in [0.29, 0.717) is 17.1 Å². The van der Waals surface area contributed by atoms with Gasteiger partial charge < -0.3 is 14.2 Å². The molecule has 0 bridgehead atoms. The maximum absolute atomic E-state index is 13.6. The fourth-order valence-electron chi connectivity index (χ4n) is 2.59. The number of carbonyl (C=O) groups is 2. The van der Waals surface area contributed by atoms with Crippen molar-refractivity contribution in [1.82, 2.24) is 0 Å². The summed E-state index contributed by atoms with van der Waals surface area (Å²) >= 11 is 0. The predicted molar refractivity (Wildman–Crippen MR) is 99.1 cm³/mol. The first-order valence-electron chi connectivity index (χ1n) is 8.47. The van der Waals surface area contributed by atoms with Crippen molar-refractivity contribution >= 4 is 18.0 Å². The molecule has 8 heteroatoms. The SMILES string of the molecule is COC(=O)C(C/C=C/c1ccc(Oc2ccccc2)cc1)(C(=O)OC)C(F)(F)F. The third-order valence-electron chi connectivity index (χ3n) is 4.14. The smallest absolute Gasteiger partial charge is 0.415 e. The second-order valence-corrected chi connectivity index (χ2v) is 5.98. The van der Waals surface area contributed by atoms with Crippen molar-refractivity contribution in [3.63, 3.8) is 0 Å². The summed E-state index contributed by atoms with van der Waals surface area (Å²) in [5.41, 5.74) is -2.88. The molecule has 0 fully saturated rings. The Morgan fingerprint density at radius 3 is 1.86 bits per heavy atom. The van der Waals surface area contributed by atoms with Crippen LogP contribution < -0.4 is 4.74 Å². The minimum atomic E-state index is -5.19. The lowest BCUT2D eigenvalue weighted by molar-refractivity contribution is -0.237. The fraction of sp³-hybridized carbons (Fsp3) is 0.238. The van der Waals surface area contributed by atoms with E-state index in [9.17, 15) is 22.8 Å². The molecule has 2 aromatic rings. The standard InChI is InChI=1S/C21H19F3O5/c1-27-18(25)20(19(26)28-2,21(22,23)24)14-6-7-15-10-12-17(13-11-15)29-16-8-4-3-5-9-16/h3-13H,14H2,1-2H3/b7-6+. The van der Waals surface area contributed by atoms with Crippen LogP contribution in [0.25, 0.3) is 6.08 Å². The lowest BCUT2D eigenvalue weighted by Gasteiger charge is -2.29. The van der Waals surface area contributed by atoms with Crippen molar-refractivity contribution in [3.8, 4) is 11.5 Å². The van der Waals surface area contributed by atoms with Crippen molar-refractivity contribution in [1.29, 1.82) is 0 Å². The van der Waals surface area contributed by atoms with Gasteiger partial charge in [0, 0.05) is 6.42 Å². The minimum Gasteiger partial charge on any atom is -0.468 e. The van der Waals surface area contributed by atoms with Crippen LogP contribution in [0.4, 0.5) is 13.2 Å². The van der Waals surface area contributed by atoms with Gasteiger partial charge >= 0.3 is 18.1 Å². The molecule has 0 atom stereocenters. The number of ether oxygens (including phenoxy) is 3. The molecule has 0 spiro atoms. The van der Waals surface area contributed by atoms with Crippen LogP contribution in [0.1, 0.15) is 12.0 Å². The average Bonchev–Trinajstić information content (AvgIpc) is 2.71. The van der Waals surface area contributed by atoms with Crippen LogP contribution in [0.2, 0.25) is 0 Å². The minimum absolute atomic E-state index is 0.544. The van der Waals surface area contributed by atoms with E-state index in [0.717, 1.165) is 20.3 Å². The Hall–Kier alpha value is -3.29. The van der Waals surface area contributed by atoms with E-state index in [1.54, 1.807) is 36.4 Å². The molecule has 0 saturated carbocycles. The van der Waals surface area contributed by atoms with Crippen LogP contribution in [0.5, 0.6) is 11.5 Å². The van der Waals surface area contributed by atoms with Crippen molar-refractivity contribution < 1.29 is 37.0 Å². The van der Waals surface area contributed by atoms with E-state index in [2.05, 4.69) is 9.47 Å². The van der Waals surface area contributed by atoms with Crippen LogP contribution >= 0.6 is 0 Å². The molecule has 0 aliphatic heterocycles. The third-order valence-corrected chi connectivity index (χ3v) is 4.14. The Balaban J connectivity index is 2.18. The summed E-state index contributed by atoms with van der Waals surface area (Å²) in [7, 11) is 1.56. The lowest BCUT2D eigenvalue weighted by atomic mass is 9.83. The van der Waals surface area contributed by atoms with Crippen LogP contribution in [0, 0.1) is 5.41 Å². The number of benzene rings is 2. The van der Waals surface area contributed by atoms with Crippen LogP contribution in [0.15, 0.2) is 60.7 Å². The summed E-state index contributed by atoms with van der Waals surface area (Å²) in [4.78, 5) is 23.7. The van der Waals surface area contributed by atoms with Crippen LogP contribution in [-0.4, -0.2) is 32.3 Å². The van der Waals surface area contributed by atoms with Crippen LogP contribution in [-0.2, 0) is 19.1 Å². The summed E-state index contributed by atoms with van der Waals surface area (Å²) in [5, 5.41) is 0. The number of carbonyl (C=O) groups excluding carboxylic acids is 2. The first-order chi connectivity index (χ1) is 13.7. The molecule has 0 unspecified atom stereocenters. The largest absolute Gasteiger partial charge is 0.468 e. The Kier molecular flexibility index (Phi) is 7.03. The third kappa shape index (κ3) is 4.96. The highest BCUT2D eigenvalue weighted by atomic mass is 19.4. The van der Waals surface area contributed by atoms with Gasteiger partial charge in [0.05, 0.1) is 14.2 Å². The number of allylic oxidation sites excluding steroid dienone is 1. The van der Waals surface area contributed by atoms with Gasteiger partial charge in [-0.05, 0) is 29.8 Å². The second kappa shape index (κ2) is 9.27. The quantitative estimate of drug-likeness (QED) is 0.488. The molecule has 0 aliphatic rings. The molecule has 0 saturated heterocycles. The monoisotopic (exact) mass is 408 g/mol. The molecule has 2 rings (SSSR count). The van der Waals surface area contributed by atoms with Gasteiger partial charge in [-0.1, -0.05) is 42.5 Å². The highest BCUT2D eigenvalue weighted by Gasteiger charge is 2.67. The Morgan fingerprint density at radius 2 is 1.38 bits per heavy atom. The number of hydrogen-bond acceptors (Lipinski definition) is 5. The zero-order valence-electron chi connectivity index (χ0n) is 15.7.